The fourth-order valence-electron chi connectivity index (χ4n) is 0.528. The minimum Gasteiger partial charge on any atom is -0.340 e. The van der Waals surface area contributed by atoms with Crippen molar-refractivity contribution in [3.8, 4) is 0 Å². The second kappa shape index (κ2) is 4.78. The monoisotopic (exact) mass is 218 g/mol. The first-order valence-corrected chi connectivity index (χ1v) is 4.60. The number of nitrogens with zero attached hydrogens (tertiary/aromatic N) is 2. The lowest BCUT2D eigenvalue weighted by Gasteiger charge is -1.93. The summed E-state index contributed by atoms with van der Waals surface area (Å²) in [5, 5.41) is 8.72. The van der Waals surface area contributed by atoms with Crippen LogP contribution in [0, 0.1) is 0 Å². The van der Waals surface area contributed by atoms with E-state index in [1.54, 1.807) is 5.38 Å². The number of hydrogen-bond donors (Lipinski definition) is 2. The number of nitrogens with one attached hydrogen (secondary N) is 2. The van der Waals surface area contributed by atoms with E-state index in [9.17, 15) is 4.79 Å². The van der Waals surface area contributed by atoms with Crippen molar-refractivity contribution in [3.63, 3.8) is 0 Å². The lowest BCUT2D eigenvalue weighted by atomic mass is 10.8. The van der Waals surface area contributed by atoms with Gasteiger partial charge in [-0.15, -0.1) is 11.3 Å². The first-order chi connectivity index (χ1) is 6.22. The molecule has 0 saturated heterocycles. The number of carbonyl (C=O) groups excluding carboxylic acids is 1. The van der Waals surface area contributed by atoms with E-state index < -0.39 is 0 Å². The van der Waals surface area contributed by atoms with Crippen LogP contribution < -0.4 is 10.7 Å². The second-order valence-electron chi connectivity index (χ2n) is 1.96. The Morgan fingerprint density at radius 2 is 2.62 bits per heavy atom. The van der Waals surface area contributed by atoms with Gasteiger partial charge in [-0.25, -0.2) is 15.2 Å². The van der Waals surface area contributed by atoms with E-state index in [0.717, 1.165) is 0 Å². The van der Waals surface area contributed by atoms with Crippen molar-refractivity contribution in [3.05, 3.63) is 15.5 Å². The van der Waals surface area contributed by atoms with Gasteiger partial charge in [0.1, 0.15) is 10.2 Å². The maximum absolute atomic E-state index is 10.6. The van der Waals surface area contributed by atoms with Gasteiger partial charge in [0, 0.05) is 12.4 Å². The van der Waals surface area contributed by atoms with E-state index in [4.69, 9.17) is 11.6 Å². The Kier molecular flexibility index (Phi) is 3.66. The third-order valence-electron chi connectivity index (χ3n) is 1.06. The van der Waals surface area contributed by atoms with Crippen molar-refractivity contribution >= 4 is 35.2 Å². The maximum Gasteiger partial charge on any atom is 0.334 e. The minimum absolute atomic E-state index is 0.376. The van der Waals surface area contributed by atoms with Gasteiger partial charge in [-0.2, -0.15) is 5.10 Å². The molecule has 13 heavy (non-hydrogen) atoms. The SMILES string of the molecule is CNC(=O)N/N=C/c1nc(Cl)cs1. The molecule has 70 valence electrons. The molecule has 1 aromatic heterocycles. The fourth-order valence-corrected chi connectivity index (χ4v) is 1.34. The molecular weight excluding hydrogens is 212 g/mol. The van der Waals surface area contributed by atoms with E-state index in [2.05, 4.69) is 20.8 Å². The van der Waals surface area contributed by atoms with Crippen LogP contribution >= 0.6 is 22.9 Å². The van der Waals surface area contributed by atoms with E-state index >= 15 is 0 Å². The summed E-state index contributed by atoms with van der Waals surface area (Å²) in [7, 11) is 1.51. The van der Waals surface area contributed by atoms with Crippen LogP contribution in [0.5, 0.6) is 0 Å². The van der Waals surface area contributed by atoms with E-state index in [1.165, 1.54) is 24.6 Å². The highest BCUT2D eigenvalue weighted by atomic mass is 35.5. The molecule has 1 heterocycles. The molecule has 0 bridgehead atoms. The largest absolute Gasteiger partial charge is 0.340 e. The number of amides is 2. The highest BCUT2D eigenvalue weighted by Gasteiger charge is 1.95. The Morgan fingerprint density at radius 1 is 1.85 bits per heavy atom. The number of hydrazone groups is 1. The molecule has 5 nitrogen and oxygen atoms in total. The molecule has 0 unspecified atom stereocenters. The number of aromatic nitrogens is 1. The smallest absolute Gasteiger partial charge is 0.334 e. The van der Waals surface area contributed by atoms with Crippen LogP contribution in [0.2, 0.25) is 5.15 Å². The van der Waals surface area contributed by atoms with Crippen molar-refractivity contribution in [1.29, 1.82) is 0 Å². The molecule has 0 spiro atoms. The van der Waals surface area contributed by atoms with Gasteiger partial charge in [-0.1, -0.05) is 11.6 Å². The molecule has 0 aromatic carbocycles. The quantitative estimate of drug-likeness (QED) is 0.576. The molecule has 7 heteroatoms. The Balaban J connectivity index is 2.45. The number of halogens is 1. The molecule has 0 fully saturated rings. The predicted molar refractivity (Wildman–Crippen MR) is 52.3 cm³/mol. The number of carbonyl (C=O) groups is 1. The molecule has 2 N–H and O–H groups in total. The summed E-state index contributed by atoms with van der Waals surface area (Å²) in [6, 6.07) is -0.376. The Morgan fingerprint density at radius 3 is 3.15 bits per heavy atom. The van der Waals surface area contributed by atoms with Crippen LogP contribution in [0.25, 0.3) is 0 Å². The van der Waals surface area contributed by atoms with Crippen molar-refractivity contribution in [1.82, 2.24) is 15.7 Å². The summed E-state index contributed by atoms with van der Waals surface area (Å²) in [5.41, 5.74) is 2.23. The number of rotatable bonds is 2. The number of hydrogen-bond acceptors (Lipinski definition) is 4. The predicted octanol–water partition coefficient (Wildman–Crippen LogP) is 1.06. The van der Waals surface area contributed by atoms with Crippen molar-refractivity contribution in [2.45, 2.75) is 0 Å². The zero-order chi connectivity index (χ0) is 9.68. The zero-order valence-corrected chi connectivity index (χ0v) is 8.32. The molecule has 0 saturated carbocycles. The molecule has 0 radical (unpaired) electrons. The summed E-state index contributed by atoms with van der Waals surface area (Å²) >= 11 is 6.91. The van der Waals surface area contributed by atoms with Gasteiger partial charge in [0.15, 0.2) is 0 Å². The van der Waals surface area contributed by atoms with E-state index in [-0.39, 0.29) is 6.03 Å². The zero-order valence-electron chi connectivity index (χ0n) is 6.74. The normalized spacial score (nSPS) is 10.3. The van der Waals surface area contributed by atoms with Gasteiger partial charge in [0.05, 0.1) is 6.21 Å². The van der Waals surface area contributed by atoms with Crippen molar-refractivity contribution in [2.75, 3.05) is 7.05 Å². The van der Waals surface area contributed by atoms with Gasteiger partial charge in [-0.3, -0.25) is 0 Å². The van der Waals surface area contributed by atoms with Crippen LogP contribution in [0.1, 0.15) is 5.01 Å². The standard InChI is InChI=1S/C6H7ClN4OS/c1-8-6(12)11-9-2-5-10-4(7)3-13-5/h2-3H,1H3,(H2,8,11,12)/b9-2+. The van der Waals surface area contributed by atoms with Crippen LogP contribution in [0.15, 0.2) is 10.5 Å². The summed E-state index contributed by atoms with van der Waals surface area (Å²) in [6.07, 6.45) is 1.42. The summed E-state index contributed by atoms with van der Waals surface area (Å²) in [4.78, 5) is 14.5. The van der Waals surface area contributed by atoms with Crippen LogP contribution in [-0.4, -0.2) is 24.3 Å². The third kappa shape index (κ3) is 3.39. The average molecular weight is 219 g/mol. The lowest BCUT2D eigenvalue weighted by molar-refractivity contribution is 0.243. The Labute approximate surface area is 83.8 Å². The van der Waals surface area contributed by atoms with Crippen LogP contribution in [0.4, 0.5) is 4.79 Å². The molecule has 2 amide bonds. The van der Waals surface area contributed by atoms with Crippen molar-refractivity contribution < 1.29 is 4.79 Å². The second-order valence-corrected chi connectivity index (χ2v) is 3.23. The van der Waals surface area contributed by atoms with Gasteiger partial charge in [0.25, 0.3) is 0 Å². The first kappa shape index (κ1) is 9.94. The molecule has 1 aromatic rings. The molecule has 0 aliphatic carbocycles. The summed E-state index contributed by atoms with van der Waals surface area (Å²) in [6.45, 7) is 0. The first-order valence-electron chi connectivity index (χ1n) is 3.34. The van der Waals surface area contributed by atoms with Gasteiger partial charge >= 0.3 is 6.03 Å². The topological polar surface area (TPSA) is 66.4 Å². The average Bonchev–Trinajstić information content (AvgIpc) is 2.51. The van der Waals surface area contributed by atoms with Gasteiger partial charge < -0.3 is 5.32 Å². The number of urea groups is 1. The third-order valence-corrected chi connectivity index (χ3v) is 2.16. The molecular formula is C6H7ClN4OS. The lowest BCUT2D eigenvalue weighted by Crippen LogP contribution is -2.28. The maximum atomic E-state index is 10.6. The minimum atomic E-state index is -0.376. The Bertz CT molecular complexity index is 324. The van der Waals surface area contributed by atoms with Crippen molar-refractivity contribution in [2.24, 2.45) is 5.10 Å². The highest BCUT2D eigenvalue weighted by molar-refractivity contribution is 7.11. The van der Waals surface area contributed by atoms with Crippen LogP contribution in [-0.2, 0) is 0 Å². The van der Waals surface area contributed by atoms with Gasteiger partial charge in [-0.05, 0) is 0 Å². The van der Waals surface area contributed by atoms with Crippen LogP contribution in [0.3, 0.4) is 0 Å². The van der Waals surface area contributed by atoms with Gasteiger partial charge in [0.2, 0.25) is 0 Å². The summed E-state index contributed by atoms with van der Waals surface area (Å²) < 4.78 is 0. The molecule has 1 rings (SSSR count). The summed E-state index contributed by atoms with van der Waals surface area (Å²) in [5.74, 6) is 0. The fraction of sp³-hybridized carbons (Fsp3) is 0.167. The Hall–Kier alpha value is -1.14. The van der Waals surface area contributed by atoms with E-state index in [0.29, 0.717) is 10.2 Å². The molecule has 0 aliphatic heterocycles. The van der Waals surface area contributed by atoms with E-state index in [1.807, 2.05) is 0 Å². The number of thiazole rings is 1. The molecule has 0 aliphatic rings. The highest BCUT2D eigenvalue weighted by Crippen LogP contribution is 2.11. The molecule has 0 atom stereocenters.